The van der Waals surface area contributed by atoms with Crippen LogP contribution < -0.4 is 0 Å². The first-order valence-corrected chi connectivity index (χ1v) is 5.36. The minimum atomic E-state index is -0.758. The van der Waals surface area contributed by atoms with Gasteiger partial charge in [-0.2, -0.15) is 11.8 Å². The smallest absolute Gasteiger partial charge is 0.396 e. The van der Waals surface area contributed by atoms with E-state index >= 15 is 0 Å². The summed E-state index contributed by atoms with van der Waals surface area (Å²) in [5, 5.41) is 0. The van der Waals surface area contributed by atoms with Crippen LogP contribution in [0.4, 0.5) is 0 Å². The molecule has 0 spiro atoms. The normalized spacial score (nSPS) is 17.8. The topological polar surface area (TPSA) is 46.6 Å². The van der Waals surface area contributed by atoms with E-state index in [4.69, 9.17) is 0 Å². The highest BCUT2D eigenvalue weighted by atomic mass is 32.2. The first kappa shape index (κ1) is 10.4. The number of rotatable bonds is 0. The number of thioether (sulfide) groups is 1. The molecule has 1 aliphatic heterocycles. The molecule has 0 N–H and O–H groups in total. The Labute approximate surface area is 81.6 Å². The Morgan fingerprint density at radius 2 is 2.08 bits per heavy atom. The van der Waals surface area contributed by atoms with Crippen molar-refractivity contribution in [2.24, 2.45) is 0 Å². The summed E-state index contributed by atoms with van der Waals surface area (Å²) < 4.78 is 4.37. The van der Waals surface area contributed by atoms with Crippen LogP contribution >= 0.6 is 11.8 Å². The Morgan fingerprint density at radius 3 is 2.77 bits per heavy atom. The van der Waals surface area contributed by atoms with Crippen LogP contribution in [0.3, 0.4) is 0 Å². The minimum Gasteiger partial charge on any atom is -0.462 e. The summed E-state index contributed by atoms with van der Waals surface area (Å²) >= 11 is 1.81. The number of amides is 1. The van der Waals surface area contributed by atoms with Crippen molar-refractivity contribution in [1.29, 1.82) is 0 Å². The van der Waals surface area contributed by atoms with E-state index in [0.717, 1.165) is 17.9 Å². The SMILES string of the molecule is COC(=O)C(=O)N1CCCSCC1. The molecule has 13 heavy (non-hydrogen) atoms. The highest BCUT2D eigenvalue weighted by Gasteiger charge is 2.22. The van der Waals surface area contributed by atoms with E-state index in [9.17, 15) is 9.59 Å². The molecule has 1 amide bonds. The van der Waals surface area contributed by atoms with E-state index in [-0.39, 0.29) is 0 Å². The van der Waals surface area contributed by atoms with Crippen LogP contribution in [0.1, 0.15) is 6.42 Å². The Kier molecular flexibility index (Phi) is 4.08. The van der Waals surface area contributed by atoms with Crippen LogP contribution in [0.5, 0.6) is 0 Å². The van der Waals surface area contributed by atoms with Gasteiger partial charge in [0, 0.05) is 18.8 Å². The standard InChI is InChI=1S/C8H13NO3S/c1-12-8(11)7(10)9-3-2-5-13-6-4-9/h2-6H2,1H3. The van der Waals surface area contributed by atoms with Crippen LogP contribution in [0, 0.1) is 0 Å². The van der Waals surface area contributed by atoms with Gasteiger partial charge in [0.15, 0.2) is 0 Å². The van der Waals surface area contributed by atoms with Crippen LogP contribution in [0.2, 0.25) is 0 Å². The lowest BCUT2D eigenvalue weighted by atomic mass is 10.4. The maximum Gasteiger partial charge on any atom is 0.396 e. The van der Waals surface area contributed by atoms with Crippen molar-refractivity contribution in [3.63, 3.8) is 0 Å². The second kappa shape index (κ2) is 5.11. The number of methoxy groups -OCH3 is 1. The molecule has 1 rings (SSSR count). The quantitative estimate of drug-likeness (QED) is 0.414. The van der Waals surface area contributed by atoms with Gasteiger partial charge in [-0.15, -0.1) is 0 Å². The van der Waals surface area contributed by atoms with Crippen LogP contribution in [0.25, 0.3) is 0 Å². The number of carbonyl (C=O) groups is 2. The Balaban J connectivity index is 2.48. The van der Waals surface area contributed by atoms with Gasteiger partial charge >= 0.3 is 11.9 Å². The van der Waals surface area contributed by atoms with E-state index in [0.29, 0.717) is 13.1 Å². The van der Waals surface area contributed by atoms with Gasteiger partial charge in [-0.25, -0.2) is 4.79 Å². The fourth-order valence-corrected chi connectivity index (χ4v) is 2.05. The molecule has 1 saturated heterocycles. The molecule has 0 aliphatic carbocycles. The van der Waals surface area contributed by atoms with E-state index in [1.807, 2.05) is 11.8 Å². The molecule has 0 saturated carbocycles. The molecule has 0 atom stereocenters. The van der Waals surface area contributed by atoms with Gasteiger partial charge in [-0.3, -0.25) is 4.79 Å². The van der Waals surface area contributed by atoms with Crippen LogP contribution in [-0.4, -0.2) is 48.5 Å². The number of hydrogen-bond donors (Lipinski definition) is 0. The Morgan fingerprint density at radius 1 is 1.31 bits per heavy atom. The first-order chi connectivity index (χ1) is 6.25. The second-order valence-corrected chi connectivity index (χ2v) is 3.97. The number of esters is 1. The third kappa shape index (κ3) is 2.91. The third-order valence-electron chi connectivity index (χ3n) is 1.87. The summed E-state index contributed by atoms with van der Waals surface area (Å²) in [4.78, 5) is 23.8. The predicted octanol–water partition coefficient (Wildman–Crippen LogP) is 0.125. The van der Waals surface area contributed by atoms with Crippen molar-refractivity contribution < 1.29 is 14.3 Å². The summed E-state index contributed by atoms with van der Waals surface area (Å²) in [5.41, 5.74) is 0. The molecular weight excluding hydrogens is 190 g/mol. The monoisotopic (exact) mass is 203 g/mol. The van der Waals surface area contributed by atoms with Gasteiger partial charge in [0.2, 0.25) is 0 Å². The lowest BCUT2D eigenvalue weighted by molar-refractivity contribution is -0.158. The van der Waals surface area contributed by atoms with Crippen molar-refractivity contribution in [1.82, 2.24) is 4.90 Å². The number of nitrogens with zero attached hydrogens (tertiary/aromatic N) is 1. The summed E-state index contributed by atoms with van der Waals surface area (Å²) in [6, 6.07) is 0. The van der Waals surface area contributed by atoms with Gasteiger partial charge in [-0.05, 0) is 12.2 Å². The fourth-order valence-electron chi connectivity index (χ4n) is 1.17. The molecule has 0 aromatic rings. The Bertz CT molecular complexity index is 200. The van der Waals surface area contributed by atoms with Gasteiger partial charge in [0.1, 0.15) is 0 Å². The largest absolute Gasteiger partial charge is 0.462 e. The predicted molar refractivity (Wildman–Crippen MR) is 50.5 cm³/mol. The molecule has 1 heterocycles. The molecule has 0 unspecified atom stereocenters. The second-order valence-electron chi connectivity index (χ2n) is 2.75. The molecular formula is C8H13NO3S. The van der Waals surface area contributed by atoms with Gasteiger partial charge in [0.05, 0.1) is 7.11 Å². The molecule has 1 fully saturated rings. The van der Waals surface area contributed by atoms with Gasteiger partial charge < -0.3 is 9.64 Å². The van der Waals surface area contributed by atoms with E-state index < -0.39 is 11.9 Å². The fraction of sp³-hybridized carbons (Fsp3) is 0.750. The van der Waals surface area contributed by atoms with Crippen LogP contribution in [-0.2, 0) is 14.3 Å². The van der Waals surface area contributed by atoms with Crippen molar-refractivity contribution in [3.05, 3.63) is 0 Å². The van der Waals surface area contributed by atoms with Crippen molar-refractivity contribution in [2.75, 3.05) is 31.7 Å². The molecule has 0 aromatic heterocycles. The van der Waals surface area contributed by atoms with Crippen molar-refractivity contribution >= 4 is 23.6 Å². The zero-order chi connectivity index (χ0) is 9.68. The van der Waals surface area contributed by atoms with Gasteiger partial charge in [0.25, 0.3) is 0 Å². The maximum atomic E-state index is 11.3. The van der Waals surface area contributed by atoms with Crippen molar-refractivity contribution in [3.8, 4) is 0 Å². The number of ether oxygens (including phenoxy) is 1. The third-order valence-corrected chi connectivity index (χ3v) is 2.92. The zero-order valence-electron chi connectivity index (χ0n) is 7.62. The van der Waals surface area contributed by atoms with Gasteiger partial charge in [-0.1, -0.05) is 0 Å². The lowest BCUT2D eigenvalue weighted by Gasteiger charge is -2.17. The zero-order valence-corrected chi connectivity index (χ0v) is 8.43. The molecule has 0 bridgehead atoms. The van der Waals surface area contributed by atoms with Crippen LogP contribution in [0.15, 0.2) is 0 Å². The average molecular weight is 203 g/mol. The molecule has 74 valence electrons. The molecule has 1 aliphatic rings. The Hall–Kier alpha value is -0.710. The molecule has 4 nitrogen and oxygen atoms in total. The molecule has 0 aromatic carbocycles. The maximum absolute atomic E-state index is 11.3. The number of hydrogen-bond acceptors (Lipinski definition) is 4. The van der Waals surface area contributed by atoms with Crippen molar-refractivity contribution in [2.45, 2.75) is 6.42 Å². The summed E-state index contributed by atoms with van der Waals surface area (Å²) in [7, 11) is 1.23. The van der Waals surface area contributed by atoms with E-state index in [2.05, 4.69) is 4.74 Å². The molecule has 0 radical (unpaired) electrons. The highest BCUT2D eigenvalue weighted by molar-refractivity contribution is 7.99. The lowest BCUT2D eigenvalue weighted by Crippen LogP contribution is -2.38. The highest BCUT2D eigenvalue weighted by Crippen LogP contribution is 2.10. The molecule has 5 heteroatoms. The first-order valence-electron chi connectivity index (χ1n) is 4.20. The summed E-state index contributed by atoms with van der Waals surface area (Å²) in [5.74, 6) is 0.699. The average Bonchev–Trinajstić information content (AvgIpc) is 2.43. The van der Waals surface area contributed by atoms with E-state index in [1.165, 1.54) is 7.11 Å². The minimum absolute atomic E-state index is 0.509. The number of carbonyl (C=O) groups excluding carboxylic acids is 2. The summed E-state index contributed by atoms with van der Waals surface area (Å²) in [6.45, 7) is 1.32. The van der Waals surface area contributed by atoms with E-state index in [1.54, 1.807) is 4.90 Å². The summed E-state index contributed by atoms with van der Waals surface area (Å²) in [6.07, 6.45) is 0.952.